The van der Waals surface area contributed by atoms with Crippen molar-refractivity contribution in [3.63, 3.8) is 0 Å². The lowest BCUT2D eigenvalue weighted by Gasteiger charge is -2.13. The van der Waals surface area contributed by atoms with Gasteiger partial charge in [0.25, 0.3) is 0 Å². The number of aryl methyl sites for hydroxylation is 14. The van der Waals surface area contributed by atoms with Crippen molar-refractivity contribution in [3.8, 4) is 0 Å². The number of benzene rings is 7. The van der Waals surface area contributed by atoms with Crippen molar-refractivity contribution in [3.05, 3.63) is 248 Å². The lowest BCUT2D eigenvalue weighted by Crippen LogP contribution is -2.17. The zero-order chi connectivity index (χ0) is 109. The second-order valence-corrected chi connectivity index (χ2v) is 32.7. The molecule has 0 bridgehead atoms. The molecule has 0 radical (unpaired) electrons. The SMILES string of the molecule is CC(=O)N(C)C.CC(=O)N(C)C.CNC(C)=O.CNC(C)=O.CNC(C)=O.CNC(C)=O.CNC(C)=O.CNC(C)=O.COC(C)=O.COC(C)=O.COC(C)=O.COC(C)=O.COC(C)=O.COC(C)=O.c1ccc2c(c1)CCCC2.c1ccc2c(c1)CCCC2.c1ccc2c(c1)CCCC2.c1ccc2c(c1)CCCC2.c1ccc2c(c1)CCCC2.c1ccc2c(c1)CCCC2.c1ccc2c(c1)CCCC2. The number of carbonyl (C=O) groups is 14. The molecule has 0 atom stereocenters. The lowest BCUT2D eigenvalue weighted by atomic mass is 9.92. The van der Waals surface area contributed by atoms with E-state index < -0.39 is 0 Å². The molecule has 0 saturated heterocycles. The highest BCUT2D eigenvalue weighted by atomic mass is 16.5. The summed E-state index contributed by atoms with van der Waals surface area (Å²) >= 11 is 0. The number of nitrogens with zero attached hydrogens (tertiary/aromatic N) is 2. The third kappa shape index (κ3) is 96.0. The Morgan fingerprint density at radius 2 is 0.232 bits per heavy atom. The highest BCUT2D eigenvalue weighted by Crippen LogP contribution is 2.25. The van der Waals surface area contributed by atoms with E-state index in [9.17, 15) is 67.1 Å². The standard InChI is InChI=1S/7C10H12.2C4H9NO.6C3H7NO.6C3H6O2/c7*1-2-6-10-8-4-3-7-9(10)5-1;2*1-4(6)5(2)3;6*1-3(5)4-2;6*1-3(4)5-2/h7*1-2,5-6H,3-4,7-8H2;2*1-3H3;6*1-2H3,(H,4,5);6*1-2H3. The number of hydrogen-bond acceptors (Lipinski definition) is 20. The zero-order valence-electron chi connectivity index (χ0n) is 92.0. The van der Waals surface area contributed by atoms with Crippen molar-refractivity contribution in [2.24, 2.45) is 0 Å². The molecule has 0 fully saturated rings. The maximum Gasteiger partial charge on any atom is 0.302 e. The van der Waals surface area contributed by atoms with Crippen molar-refractivity contribution in [1.82, 2.24) is 41.7 Å². The molecule has 7 aliphatic carbocycles. The van der Waals surface area contributed by atoms with Crippen LogP contribution in [-0.2, 0) is 185 Å². The van der Waals surface area contributed by atoms with Crippen LogP contribution in [-0.4, -0.2) is 206 Å². The summed E-state index contributed by atoms with van der Waals surface area (Å²) in [4.78, 5) is 139. The van der Waals surface area contributed by atoms with Crippen LogP contribution in [0.2, 0.25) is 0 Å². The Labute approximate surface area is 853 Å². The first kappa shape index (κ1) is 142. The molecule has 796 valence electrons. The monoisotopic (exact) mass is 1980 g/mol. The van der Waals surface area contributed by atoms with Crippen molar-refractivity contribution in [1.29, 1.82) is 0 Å². The zero-order valence-corrected chi connectivity index (χ0v) is 92.0. The summed E-state index contributed by atoms with van der Waals surface area (Å²) in [7, 11) is 24.6. The Hall–Kier alpha value is -12.9. The van der Waals surface area contributed by atoms with Gasteiger partial charge in [0.1, 0.15) is 0 Å². The van der Waals surface area contributed by atoms with E-state index in [1.807, 2.05) is 0 Å². The molecule has 0 aromatic heterocycles. The minimum Gasteiger partial charge on any atom is -0.469 e. The fourth-order valence-corrected chi connectivity index (χ4v) is 11.7. The van der Waals surface area contributed by atoms with Crippen LogP contribution in [0.15, 0.2) is 170 Å². The van der Waals surface area contributed by atoms with Gasteiger partial charge in [-0.2, -0.15) is 0 Å². The van der Waals surface area contributed by atoms with Gasteiger partial charge >= 0.3 is 35.8 Å². The number of hydrogen-bond donors (Lipinski definition) is 6. The fraction of sp³-hybridized carbons (Fsp3) is 0.509. The first-order chi connectivity index (χ1) is 67.3. The van der Waals surface area contributed by atoms with Gasteiger partial charge in [0.15, 0.2) is 0 Å². The molecule has 8 amide bonds. The largest absolute Gasteiger partial charge is 0.469 e. The maximum absolute atomic E-state index is 10.1. The van der Waals surface area contributed by atoms with E-state index in [0.717, 1.165) is 0 Å². The molecule has 14 rings (SSSR count). The average molecular weight is 1980 g/mol. The number of carbonyl (C=O) groups excluding carboxylic acids is 14. The minimum absolute atomic E-state index is 0.00463. The summed E-state index contributed by atoms with van der Waals surface area (Å²) in [5, 5.41) is 14.3. The number of amides is 8. The van der Waals surface area contributed by atoms with Crippen molar-refractivity contribution < 1.29 is 95.5 Å². The Bertz CT molecular complexity index is 3550. The van der Waals surface area contributed by atoms with E-state index in [-0.39, 0.29) is 83.1 Å². The molecule has 28 heteroatoms. The van der Waals surface area contributed by atoms with Crippen LogP contribution in [0.1, 0.15) is 265 Å². The number of rotatable bonds is 0. The maximum atomic E-state index is 10.1. The Morgan fingerprint density at radius 3 is 0.268 bits per heavy atom. The molecule has 0 unspecified atom stereocenters. The normalized spacial score (nSPS) is 11.6. The van der Waals surface area contributed by atoms with Crippen LogP contribution >= 0.6 is 0 Å². The highest BCUT2D eigenvalue weighted by Gasteiger charge is 2.12. The number of methoxy groups -OCH3 is 6. The van der Waals surface area contributed by atoms with E-state index in [1.54, 1.807) is 148 Å². The minimum atomic E-state index is -0.245. The summed E-state index contributed by atoms with van der Waals surface area (Å²) in [6.45, 7) is 20.1. The van der Waals surface area contributed by atoms with Crippen LogP contribution in [0.25, 0.3) is 0 Å². The molecule has 28 nitrogen and oxygen atoms in total. The van der Waals surface area contributed by atoms with Crippen LogP contribution < -0.4 is 31.9 Å². The number of fused-ring (bicyclic) bond motifs is 7. The second kappa shape index (κ2) is 98.3. The molecular formula is C114H180N8O20. The fourth-order valence-electron chi connectivity index (χ4n) is 11.7. The first-order valence-electron chi connectivity index (χ1n) is 48.5. The van der Waals surface area contributed by atoms with Gasteiger partial charge < -0.3 is 70.1 Å². The molecule has 0 saturated carbocycles. The molecule has 6 N–H and O–H groups in total. The summed E-state index contributed by atoms with van der Waals surface area (Å²) in [6, 6.07) is 61.6. The van der Waals surface area contributed by atoms with Crippen molar-refractivity contribution >= 4 is 83.1 Å². The Morgan fingerprint density at radius 1 is 0.176 bits per heavy atom. The van der Waals surface area contributed by atoms with Gasteiger partial charge in [-0.15, -0.1) is 0 Å². The van der Waals surface area contributed by atoms with E-state index in [2.05, 4.69) is 230 Å². The number of nitrogens with one attached hydrogen (secondary N) is 6. The molecule has 7 aliphatic rings. The van der Waals surface area contributed by atoms with E-state index in [4.69, 9.17) is 0 Å². The van der Waals surface area contributed by atoms with Gasteiger partial charge in [0.2, 0.25) is 47.3 Å². The molecule has 0 spiro atoms. The molecule has 0 heterocycles. The van der Waals surface area contributed by atoms with Crippen LogP contribution in [0, 0.1) is 0 Å². The Balaban J connectivity index is -0.000000272. The third-order valence-corrected chi connectivity index (χ3v) is 20.9. The van der Waals surface area contributed by atoms with Gasteiger partial charge in [0.05, 0.1) is 42.7 Å². The van der Waals surface area contributed by atoms with Gasteiger partial charge in [-0.25, -0.2) is 0 Å². The number of ether oxygens (including phenoxy) is 6. The van der Waals surface area contributed by atoms with Crippen LogP contribution in [0.3, 0.4) is 0 Å². The molecular weight excluding hydrogens is 1800 g/mol. The topological polar surface area (TPSA) is 373 Å². The van der Waals surface area contributed by atoms with Gasteiger partial charge in [0, 0.05) is 167 Å². The molecule has 7 aromatic carbocycles. The summed E-state index contributed by atoms with van der Waals surface area (Å²) < 4.78 is 24.7. The van der Waals surface area contributed by atoms with Gasteiger partial charge in [-0.3, -0.25) is 67.1 Å². The summed E-state index contributed by atoms with van der Waals surface area (Å²) in [5.41, 5.74) is 22.1. The van der Waals surface area contributed by atoms with Gasteiger partial charge in [-0.1, -0.05) is 170 Å². The predicted molar refractivity (Wildman–Crippen MR) is 575 cm³/mol. The average Bonchev–Trinajstić information content (AvgIpc) is 0.909. The van der Waals surface area contributed by atoms with Crippen LogP contribution in [0.4, 0.5) is 0 Å². The first-order valence-corrected chi connectivity index (χ1v) is 48.5. The summed E-state index contributed by atoms with van der Waals surface area (Å²) in [5.74, 6) is -1.26. The predicted octanol–water partition coefficient (Wildman–Crippen LogP) is 17.7. The second-order valence-electron chi connectivity index (χ2n) is 32.7. The third-order valence-electron chi connectivity index (χ3n) is 20.9. The molecule has 142 heavy (non-hydrogen) atoms. The van der Waals surface area contributed by atoms with Crippen molar-refractivity contribution in [2.45, 2.75) is 277 Å². The van der Waals surface area contributed by atoms with E-state index in [1.165, 1.54) is 329 Å². The smallest absolute Gasteiger partial charge is 0.302 e. The van der Waals surface area contributed by atoms with E-state index in [0.29, 0.717) is 0 Å². The van der Waals surface area contributed by atoms with Crippen LogP contribution in [0.5, 0.6) is 0 Å². The van der Waals surface area contributed by atoms with E-state index >= 15 is 0 Å². The lowest BCUT2D eigenvalue weighted by molar-refractivity contribution is -0.138. The molecule has 7 aromatic rings. The Kier molecular flexibility index (Phi) is 98.4. The summed E-state index contributed by atoms with van der Waals surface area (Å²) in [6.07, 6.45) is 37.6. The van der Waals surface area contributed by atoms with Crippen molar-refractivity contribution in [2.75, 3.05) is 113 Å². The number of esters is 6. The van der Waals surface area contributed by atoms with Gasteiger partial charge in [-0.05, 0) is 258 Å². The highest BCUT2D eigenvalue weighted by molar-refractivity contribution is 5.75. The quantitative estimate of drug-likeness (QED) is 0.0606. The molecule has 0 aliphatic heterocycles.